The van der Waals surface area contributed by atoms with E-state index in [9.17, 15) is 18.0 Å². The first-order chi connectivity index (χ1) is 15.7. The predicted octanol–water partition coefficient (Wildman–Crippen LogP) is 4.86. The molecule has 2 atom stereocenters. The van der Waals surface area contributed by atoms with Crippen LogP contribution in [0.2, 0.25) is 5.15 Å². The quantitative estimate of drug-likeness (QED) is 0.506. The number of nitrogens with zero attached hydrogens (tertiary/aromatic N) is 3. The number of hydrogen-bond acceptors (Lipinski definition) is 6. The van der Waals surface area contributed by atoms with Crippen LogP contribution in [-0.4, -0.2) is 41.1 Å². The molecule has 1 aliphatic rings. The standard InChI is InChI=1S/C21H19ClF3N5O3/c1-32-15-6-5-11(8-16(15)33-2)13-9-17(21(23,24)25)30-18(27-13)10-14(29-30)20(31)28-12-4-3-7-26-19(12)22/h3-8,10,13,17,27H,9H2,1-2H3,(H,28,31)/t13-,17-/m0/s1. The average Bonchev–Trinajstić information content (AvgIpc) is 3.23. The second-order valence-electron chi connectivity index (χ2n) is 7.26. The number of anilines is 2. The number of fused-ring (bicyclic) bond motifs is 1. The van der Waals surface area contributed by atoms with Gasteiger partial charge in [0.25, 0.3) is 5.91 Å². The van der Waals surface area contributed by atoms with E-state index < -0.39 is 24.2 Å². The molecule has 3 aromatic rings. The molecular formula is C21H19ClF3N5O3. The fourth-order valence-corrected chi connectivity index (χ4v) is 3.80. The Hall–Kier alpha value is -3.47. The molecule has 1 amide bonds. The minimum atomic E-state index is -4.59. The maximum absolute atomic E-state index is 13.9. The molecule has 0 radical (unpaired) electrons. The van der Waals surface area contributed by atoms with Crippen molar-refractivity contribution in [3.8, 4) is 11.5 Å². The second-order valence-corrected chi connectivity index (χ2v) is 7.62. The lowest BCUT2D eigenvalue weighted by molar-refractivity contribution is -0.173. The zero-order valence-corrected chi connectivity index (χ0v) is 18.2. The molecule has 0 bridgehead atoms. The van der Waals surface area contributed by atoms with Crippen molar-refractivity contribution >= 4 is 29.0 Å². The van der Waals surface area contributed by atoms with Gasteiger partial charge in [-0.1, -0.05) is 17.7 Å². The van der Waals surface area contributed by atoms with Crippen molar-refractivity contribution in [2.45, 2.75) is 24.7 Å². The van der Waals surface area contributed by atoms with Crippen molar-refractivity contribution in [1.29, 1.82) is 0 Å². The number of carbonyl (C=O) groups excluding carboxylic acids is 1. The van der Waals surface area contributed by atoms with Crippen LogP contribution >= 0.6 is 11.6 Å². The van der Waals surface area contributed by atoms with Crippen LogP contribution in [-0.2, 0) is 0 Å². The number of ether oxygens (including phenoxy) is 2. The Balaban J connectivity index is 1.66. The van der Waals surface area contributed by atoms with Crippen molar-refractivity contribution in [1.82, 2.24) is 14.8 Å². The van der Waals surface area contributed by atoms with Gasteiger partial charge in [0.15, 0.2) is 28.4 Å². The summed E-state index contributed by atoms with van der Waals surface area (Å²) in [6.45, 7) is 0. The molecule has 2 N–H and O–H groups in total. The molecule has 0 saturated heterocycles. The number of carbonyl (C=O) groups is 1. The zero-order valence-electron chi connectivity index (χ0n) is 17.5. The Morgan fingerprint density at radius 1 is 1.21 bits per heavy atom. The summed E-state index contributed by atoms with van der Waals surface area (Å²) >= 11 is 5.94. The molecule has 0 fully saturated rings. The van der Waals surface area contributed by atoms with Gasteiger partial charge in [-0.2, -0.15) is 18.3 Å². The summed E-state index contributed by atoms with van der Waals surface area (Å²) in [5.74, 6) is 0.207. The first-order valence-corrected chi connectivity index (χ1v) is 10.2. The molecule has 12 heteroatoms. The topological polar surface area (TPSA) is 90.3 Å². The van der Waals surface area contributed by atoms with E-state index in [1.165, 1.54) is 32.5 Å². The summed E-state index contributed by atoms with van der Waals surface area (Å²) < 4.78 is 53.0. The molecule has 0 saturated carbocycles. The molecule has 1 aliphatic heterocycles. The van der Waals surface area contributed by atoms with Crippen molar-refractivity contribution in [2.24, 2.45) is 0 Å². The monoisotopic (exact) mass is 481 g/mol. The third-order valence-corrected chi connectivity index (χ3v) is 5.54. The van der Waals surface area contributed by atoms with Gasteiger partial charge in [0.2, 0.25) is 0 Å². The summed E-state index contributed by atoms with van der Waals surface area (Å²) in [5.41, 5.74) is 0.598. The average molecular weight is 482 g/mol. The highest BCUT2D eigenvalue weighted by Gasteiger charge is 2.47. The number of benzene rings is 1. The normalized spacial score (nSPS) is 17.6. The summed E-state index contributed by atoms with van der Waals surface area (Å²) in [4.78, 5) is 16.5. The van der Waals surface area contributed by atoms with E-state index in [0.29, 0.717) is 17.1 Å². The molecular weight excluding hydrogens is 463 g/mol. The summed E-state index contributed by atoms with van der Waals surface area (Å²) in [7, 11) is 2.92. The van der Waals surface area contributed by atoms with Crippen molar-refractivity contribution in [3.63, 3.8) is 0 Å². The molecule has 3 heterocycles. The van der Waals surface area contributed by atoms with Crippen LogP contribution in [0.25, 0.3) is 0 Å². The van der Waals surface area contributed by atoms with Crippen molar-refractivity contribution in [3.05, 3.63) is 59.0 Å². The van der Waals surface area contributed by atoms with Crippen LogP contribution < -0.4 is 20.1 Å². The van der Waals surface area contributed by atoms with E-state index in [0.717, 1.165) is 4.68 Å². The Kier molecular flexibility index (Phi) is 6.07. The number of hydrogen-bond donors (Lipinski definition) is 2. The number of amides is 1. The SMILES string of the molecule is COc1ccc([C@@H]2C[C@@H](C(F)(F)F)n3nc(C(=O)Nc4cccnc4Cl)cc3N2)cc1OC. The Bertz CT molecular complexity index is 1180. The molecule has 0 unspecified atom stereocenters. The molecule has 174 valence electrons. The Labute approximate surface area is 191 Å². The van der Waals surface area contributed by atoms with Gasteiger partial charge in [0.1, 0.15) is 5.82 Å². The van der Waals surface area contributed by atoms with Gasteiger partial charge in [-0.25, -0.2) is 9.67 Å². The fraction of sp³-hybridized carbons (Fsp3) is 0.286. The molecule has 8 nitrogen and oxygen atoms in total. The number of halogens is 4. The summed E-state index contributed by atoms with van der Waals surface area (Å²) in [6.07, 6.45) is -3.47. The highest BCUT2D eigenvalue weighted by atomic mass is 35.5. The van der Waals surface area contributed by atoms with Gasteiger partial charge < -0.3 is 20.1 Å². The van der Waals surface area contributed by atoms with Gasteiger partial charge in [0, 0.05) is 18.7 Å². The molecule has 4 rings (SSSR count). The molecule has 2 aromatic heterocycles. The van der Waals surface area contributed by atoms with Crippen LogP contribution in [0.4, 0.5) is 24.7 Å². The first kappa shape index (κ1) is 22.7. The first-order valence-electron chi connectivity index (χ1n) is 9.78. The van der Waals surface area contributed by atoms with Gasteiger partial charge in [-0.05, 0) is 29.8 Å². The third-order valence-electron chi connectivity index (χ3n) is 5.24. The van der Waals surface area contributed by atoms with E-state index in [1.54, 1.807) is 24.3 Å². The number of rotatable bonds is 5. The van der Waals surface area contributed by atoms with Crippen LogP contribution in [0, 0.1) is 0 Å². The Morgan fingerprint density at radius 2 is 1.97 bits per heavy atom. The Morgan fingerprint density at radius 3 is 2.64 bits per heavy atom. The van der Waals surface area contributed by atoms with Gasteiger partial charge in [-0.3, -0.25) is 4.79 Å². The molecule has 0 aliphatic carbocycles. The van der Waals surface area contributed by atoms with Gasteiger partial charge in [-0.15, -0.1) is 0 Å². The second kappa shape index (κ2) is 8.81. The van der Waals surface area contributed by atoms with Crippen LogP contribution in [0.1, 0.15) is 34.6 Å². The molecule has 33 heavy (non-hydrogen) atoms. The molecule has 1 aromatic carbocycles. The van der Waals surface area contributed by atoms with E-state index in [-0.39, 0.29) is 28.8 Å². The van der Waals surface area contributed by atoms with Gasteiger partial charge in [0.05, 0.1) is 25.9 Å². The predicted molar refractivity (Wildman–Crippen MR) is 115 cm³/mol. The minimum Gasteiger partial charge on any atom is -0.493 e. The number of alkyl halides is 3. The van der Waals surface area contributed by atoms with Crippen LogP contribution in [0.5, 0.6) is 11.5 Å². The van der Waals surface area contributed by atoms with Crippen molar-refractivity contribution in [2.75, 3.05) is 24.9 Å². The lowest BCUT2D eigenvalue weighted by Gasteiger charge is -2.33. The van der Waals surface area contributed by atoms with E-state index in [4.69, 9.17) is 21.1 Å². The number of methoxy groups -OCH3 is 2. The highest BCUT2D eigenvalue weighted by molar-refractivity contribution is 6.32. The largest absolute Gasteiger partial charge is 0.493 e. The van der Waals surface area contributed by atoms with Crippen molar-refractivity contribution < 1.29 is 27.4 Å². The third kappa shape index (κ3) is 4.54. The van der Waals surface area contributed by atoms with E-state index in [2.05, 4.69) is 20.7 Å². The zero-order chi connectivity index (χ0) is 23.8. The lowest BCUT2D eigenvalue weighted by atomic mass is 9.96. The smallest absolute Gasteiger partial charge is 0.410 e. The fourth-order valence-electron chi connectivity index (χ4n) is 3.64. The highest BCUT2D eigenvalue weighted by Crippen LogP contribution is 2.44. The number of pyridine rings is 1. The summed E-state index contributed by atoms with van der Waals surface area (Å²) in [6, 6.07) is 6.62. The molecule has 0 spiro atoms. The number of nitrogens with one attached hydrogen (secondary N) is 2. The van der Waals surface area contributed by atoms with E-state index >= 15 is 0 Å². The number of aromatic nitrogens is 3. The van der Waals surface area contributed by atoms with Crippen LogP contribution in [0.3, 0.4) is 0 Å². The summed E-state index contributed by atoms with van der Waals surface area (Å²) in [5, 5.41) is 9.53. The maximum Gasteiger partial charge on any atom is 0.410 e. The van der Waals surface area contributed by atoms with Crippen LogP contribution in [0.15, 0.2) is 42.6 Å². The maximum atomic E-state index is 13.9. The lowest BCUT2D eigenvalue weighted by Crippen LogP contribution is -2.35. The minimum absolute atomic E-state index is 0.0506. The van der Waals surface area contributed by atoms with E-state index in [1.807, 2.05) is 0 Å². The van der Waals surface area contributed by atoms with Gasteiger partial charge >= 0.3 is 6.18 Å².